The van der Waals surface area contributed by atoms with Gasteiger partial charge in [0.15, 0.2) is 0 Å². The Balaban J connectivity index is 2.29. The van der Waals surface area contributed by atoms with Crippen molar-refractivity contribution in [3.8, 4) is 0 Å². The lowest BCUT2D eigenvalue weighted by Crippen LogP contribution is -2.30. The quantitative estimate of drug-likeness (QED) is 0.512. The van der Waals surface area contributed by atoms with Crippen LogP contribution >= 0.6 is 0 Å². The highest BCUT2D eigenvalue weighted by Crippen LogP contribution is 2.47. The zero-order chi connectivity index (χ0) is 11.0. The summed E-state index contributed by atoms with van der Waals surface area (Å²) >= 11 is 0. The topological polar surface area (TPSA) is 77.0 Å². The lowest BCUT2D eigenvalue weighted by molar-refractivity contribution is 0.476. The van der Waals surface area contributed by atoms with Crippen molar-refractivity contribution in [2.75, 3.05) is 5.73 Å². The molecule has 5 N–H and O–H groups in total. The molecule has 0 amide bonds. The first kappa shape index (κ1) is 10.4. The van der Waals surface area contributed by atoms with Crippen molar-refractivity contribution in [1.29, 1.82) is 0 Å². The maximum Gasteiger partial charge on any atom is 0.128 e. The lowest BCUT2D eigenvalue weighted by Gasteiger charge is -2.17. The van der Waals surface area contributed by atoms with Crippen LogP contribution in [0.4, 0.5) is 5.82 Å². The second-order valence-electron chi connectivity index (χ2n) is 4.51. The van der Waals surface area contributed by atoms with E-state index < -0.39 is 0 Å². The van der Waals surface area contributed by atoms with E-state index in [1.165, 1.54) is 6.42 Å². The molecule has 1 aromatic rings. The van der Waals surface area contributed by atoms with Gasteiger partial charge in [0.25, 0.3) is 0 Å². The van der Waals surface area contributed by atoms with E-state index in [-0.39, 0.29) is 6.04 Å². The Bertz CT molecular complexity index is 364. The van der Waals surface area contributed by atoms with Crippen LogP contribution in [0.3, 0.4) is 0 Å². The van der Waals surface area contributed by atoms with Crippen LogP contribution in [0.1, 0.15) is 30.5 Å². The number of rotatable bonds is 3. The fraction of sp³-hybridized carbons (Fsp3) is 0.545. The number of aryl methyl sites for hydroxylation is 1. The van der Waals surface area contributed by atoms with Crippen molar-refractivity contribution < 1.29 is 0 Å². The summed E-state index contributed by atoms with van der Waals surface area (Å²) in [7, 11) is 0. The van der Waals surface area contributed by atoms with Gasteiger partial charge in [-0.05, 0) is 36.8 Å². The monoisotopic (exact) mass is 206 g/mol. The molecular weight excluding hydrogens is 188 g/mol. The zero-order valence-electron chi connectivity index (χ0n) is 9.20. The highest BCUT2D eigenvalue weighted by atomic mass is 15.2. The maximum atomic E-state index is 5.87. The number of nitrogens with one attached hydrogen (secondary N) is 1. The van der Waals surface area contributed by atoms with Crippen LogP contribution in [0.2, 0.25) is 0 Å². The molecule has 1 saturated carbocycles. The number of hydrogen-bond acceptors (Lipinski definition) is 4. The molecule has 0 radical (unpaired) electrons. The first-order chi connectivity index (χ1) is 7.13. The van der Waals surface area contributed by atoms with Gasteiger partial charge in [-0.2, -0.15) is 0 Å². The van der Waals surface area contributed by atoms with E-state index in [0.29, 0.717) is 11.7 Å². The van der Waals surface area contributed by atoms with Gasteiger partial charge < -0.3 is 5.73 Å². The van der Waals surface area contributed by atoms with Gasteiger partial charge in [-0.15, -0.1) is 0 Å². The zero-order valence-corrected chi connectivity index (χ0v) is 9.20. The van der Waals surface area contributed by atoms with Gasteiger partial charge in [-0.1, -0.05) is 6.92 Å². The molecule has 0 spiro atoms. The first-order valence-corrected chi connectivity index (χ1v) is 5.31. The van der Waals surface area contributed by atoms with E-state index in [0.717, 1.165) is 17.0 Å². The highest BCUT2D eigenvalue weighted by molar-refractivity contribution is 5.43. The summed E-state index contributed by atoms with van der Waals surface area (Å²) in [6.45, 7) is 4.24. The van der Waals surface area contributed by atoms with E-state index >= 15 is 0 Å². The first-order valence-electron chi connectivity index (χ1n) is 5.31. The van der Waals surface area contributed by atoms with Crippen molar-refractivity contribution in [2.24, 2.45) is 17.7 Å². The summed E-state index contributed by atoms with van der Waals surface area (Å²) in [6.07, 6.45) is 2.99. The Kier molecular flexibility index (Phi) is 2.63. The van der Waals surface area contributed by atoms with Crippen LogP contribution in [0.15, 0.2) is 12.3 Å². The van der Waals surface area contributed by atoms with Gasteiger partial charge in [0.2, 0.25) is 0 Å². The molecule has 1 aromatic heterocycles. The number of hydrogen-bond donors (Lipinski definition) is 3. The molecular formula is C11H18N4. The Morgan fingerprint density at radius 2 is 2.27 bits per heavy atom. The number of nitrogens with zero attached hydrogens (tertiary/aromatic N) is 1. The molecule has 1 heterocycles. The number of hydrazine groups is 1. The van der Waals surface area contributed by atoms with Gasteiger partial charge >= 0.3 is 0 Å². The summed E-state index contributed by atoms with van der Waals surface area (Å²) in [5.74, 6) is 7.51. The lowest BCUT2D eigenvalue weighted by atomic mass is 10.0. The van der Waals surface area contributed by atoms with Gasteiger partial charge in [-0.3, -0.25) is 11.3 Å². The number of nitrogens with two attached hydrogens (primary N) is 2. The molecule has 1 fully saturated rings. The van der Waals surface area contributed by atoms with Crippen LogP contribution in [0.25, 0.3) is 0 Å². The highest BCUT2D eigenvalue weighted by Gasteiger charge is 2.40. The van der Waals surface area contributed by atoms with Crippen LogP contribution < -0.4 is 17.0 Å². The molecule has 82 valence electrons. The maximum absolute atomic E-state index is 5.87. The van der Waals surface area contributed by atoms with Crippen molar-refractivity contribution in [1.82, 2.24) is 10.4 Å². The third kappa shape index (κ3) is 1.96. The summed E-state index contributed by atoms with van der Waals surface area (Å²) in [5.41, 5.74) is 10.9. The van der Waals surface area contributed by atoms with E-state index in [2.05, 4.69) is 23.4 Å². The normalized spacial score (nSPS) is 26.3. The van der Waals surface area contributed by atoms with Crippen molar-refractivity contribution >= 4 is 5.82 Å². The van der Waals surface area contributed by atoms with Gasteiger partial charge in [0.1, 0.15) is 5.82 Å². The molecule has 2 rings (SSSR count). The van der Waals surface area contributed by atoms with Crippen molar-refractivity contribution in [2.45, 2.75) is 26.3 Å². The molecule has 0 saturated heterocycles. The summed E-state index contributed by atoms with van der Waals surface area (Å²) in [5, 5.41) is 0. The Morgan fingerprint density at radius 1 is 1.60 bits per heavy atom. The Morgan fingerprint density at radius 3 is 2.80 bits per heavy atom. The Labute approximate surface area is 90.0 Å². The average Bonchev–Trinajstić information content (AvgIpc) is 2.90. The second-order valence-corrected chi connectivity index (χ2v) is 4.51. The smallest absolute Gasteiger partial charge is 0.128 e. The second kappa shape index (κ2) is 3.79. The Hall–Kier alpha value is -1.13. The third-order valence-corrected chi connectivity index (χ3v) is 3.20. The predicted octanol–water partition coefficient (Wildman–Crippen LogP) is 1.13. The fourth-order valence-electron chi connectivity index (χ4n) is 2.11. The molecule has 1 aliphatic carbocycles. The minimum absolute atomic E-state index is 0.146. The van der Waals surface area contributed by atoms with Crippen molar-refractivity contribution in [3.05, 3.63) is 23.4 Å². The summed E-state index contributed by atoms with van der Waals surface area (Å²) in [4.78, 5) is 4.16. The fourth-order valence-corrected chi connectivity index (χ4v) is 2.11. The van der Waals surface area contributed by atoms with E-state index in [1.54, 1.807) is 6.20 Å². The molecule has 0 bridgehead atoms. The number of anilines is 1. The van der Waals surface area contributed by atoms with Gasteiger partial charge in [0.05, 0.1) is 6.04 Å². The minimum atomic E-state index is 0.146. The number of aromatic nitrogens is 1. The van der Waals surface area contributed by atoms with Crippen molar-refractivity contribution in [3.63, 3.8) is 0 Å². The standard InChI is InChI=1S/C11H18N4/c1-6-3-9(11(12)14-5-6)10(15-13)8-4-7(8)2/h3,5,7-8,10,15H,4,13H2,1-2H3,(H2,12,14). The average molecular weight is 206 g/mol. The van der Waals surface area contributed by atoms with E-state index in [1.807, 2.05) is 6.92 Å². The SMILES string of the molecule is Cc1cnc(N)c(C(NN)C2CC2C)c1. The van der Waals surface area contributed by atoms with Gasteiger partial charge in [-0.25, -0.2) is 4.98 Å². The number of pyridine rings is 1. The molecule has 0 aliphatic heterocycles. The van der Waals surface area contributed by atoms with Crippen LogP contribution in [0.5, 0.6) is 0 Å². The molecule has 4 heteroatoms. The van der Waals surface area contributed by atoms with Gasteiger partial charge in [0, 0.05) is 11.8 Å². The van der Waals surface area contributed by atoms with Crippen LogP contribution in [-0.2, 0) is 0 Å². The molecule has 3 atom stereocenters. The molecule has 4 nitrogen and oxygen atoms in total. The molecule has 15 heavy (non-hydrogen) atoms. The third-order valence-electron chi connectivity index (χ3n) is 3.20. The molecule has 0 aromatic carbocycles. The molecule has 3 unspecified atom stereocenters. The van der Waals surface area contributed by atoms with E-state index in [9.17, 15) is 0 Å². The summed E-state index contributed by atoms with van der Waals surface area (Å²) < 4.78 is 0. The molecule has 1 aliphatic rings. The minimum Gasteiger partial charge on any atom is -0.383 e. The van der Waals surface area contributed by atoms with Crippen LogP contribution in [0, 0.1) is 18.8 Å². The number of nitrogen functional groups attached to an aromatic ring is 1. The van der Waals surface area contributed by atoms with E-state index in [4.69, 9.17) is 11.6 Å². The van der Waals surface area contributed by atoms with Crippen LogP contribution in [-0.4, -0.2) is 4.98 Å². The predicted molar refractivity (Wildman–Crippen MR) is 60.7 cm³/mol. The summed E-state index contributed by atoms with van der Waals surface area (Å²) in [6, 6.07) is 2.21. The largest absolute Gasteiger partial charge is 0.383 e.